The number of halogens is 2. The molecule has 1 aromatic carbocycles. The zero-order valence-corrected chi connectivity index (χ0v) is 13.8. The first-order valence-electron chi connectivity index (χ1n) is 8.33. The zero-order chi connectivity index (χ0) is 17.1. The highest BCUT2D eigenvalue weighted by molar-refractivity contribution is 5.74. The second-order valence-electron chi connectivity index (χ2n) is 6.41. The van der Waals surface area contributed by atoms with Crippen molar-refractivity contribution in [1.82, 2.24) is 15.1 Å². The molecular formula is C17H23F2N3O2. The molecule has 2 fully saturated rings. The molecule has 0 saturated carbocycles. The molecule has 0 radical (unpaired) electrons. The highest BCUT2D eigenvalue weighted by Gasteiger charge is 2.36. The van der Waals surface area contributed by atoms with Gasteiger partial charge in [0.05, 0.1) is 18.8 Å². The average molecular weight is 339 g/mol. The van der Waals surface area contributed by atoms with Crippen molar-refractivity contribution < 1.29 is 18.3 Å². The van der Waals surface area contributed by atoms with Gasteiger partial charge in [-0.2, -0.15) is 0 Å². The number of benzene rings is 1. The third kappa shape index (κ3) is 3.84. The molecule has 2 saturated heterocycles. The van der Waals surface area contributed by atoms with Crippen LogP contribution in [-0.2, 0) is 11.2 Å². The van der Waals surface area contributed by atoms with Crippen LogP contribution in [0.1, 0.15) is 12.0 Å². The number of urea groups is 1. The first-order valence-corrected chi connectivity index (χ1v) is 8.33. The third-order valence-electron chi connectivity index (χ3n) is 4.83. The molecule has 2 aliphatic rings. The number of likely N-dealkylation sites (tertiary alicyclic amines) is 1. The van der Waals surface area contributed by atoms with E-state index in [1.165, 1.54) is 6.07 Å². The summed E-state index contributed by atoms with van der Waals surface area (Å²) < 4.78 is 32.5. The molecule has 3 rings (SSSR count). The van der Waals surface area contributed by atoms with Gasteiger partial charge in [0.25, 0.3) is 0 Å². The molecular weight excluding hydrogens is 316 g/mol. The van der Waals surface area contributed by atoms with Crippen LogP contribution in [0, 0.1) is 11.6 Å². The van der Waals surface area contributed by atoms with E-state index in [2.05, 4.69) is 10.2 Å². The van der Waals surface area contributed by atoms with E-state index in [0.29, 0.717) is 13.1 Å². The summed E-state index contributed by atoms with van der Waals surface area (Å²) in [6.45, 7) is 3.16. The summed E-state index contributed by atoms with van der Waals surface area (Å²) in [5.74, 6) is -0.924. The quantitative estimate of drug-likeness (QED) is 0.910. The Morgan fingerprint density at radius 2 is 2.21 bits per heavy atom. The van der Waals surface area contributed by atoms with Crippen molar-refractivity contribution in [1.29, 1.82) is 0 Å². The Balaban J connectivity index is 1.49. The third-order valence-corrected chi connectivity index (χ3v) is 4.83. The second-order valence-corrected chi connectivity index (χ2v) is 6.41. The predicted molar refractivity (Wildman–Crippen MR) is 85.8 cm³/mol. The average Bonchev–Trinajstić information content (AvgIpc) is 2.58. The minimum absolute atomic E-state index is 0.163. The normalized spacial score (nSPS) is 24.5. The van der Waals surface area contributed by atoms with Gasteiger partial charge in [-0.25, -0.2) is 13.6 Å². The smallest absolute Gasteiger partial charge is 0.317 e. The van der Waals surface area contributed by atoms with Crippen LogP contribution in [0.5, 0.6) is 0 Å². The number of nitrogens with one attached hydrogen (secondary N) is 1. The summed E-state index contributed by atoms with van der Waals surface area (Å²) in [4.78, 5) is 16.3. The molecule has 2 atom stereocenters. The first kappa shape index (κ1) is 17.1. The second kappa shape index (κ2) is 7.44. The van der Waals surface area contributed by atoms with Gasteiger partial charge in [-0.1, -0.05) is 0 Å². The van der Waals surface area contributed by atoms with Gasteiger partial charge in [-0.15, -0.1) is 0 Å². The molecule has 0 bridgehead atoms. The fourth-order valence-electron chi connectivity index (χ4n) is 3.38. The van der Waals surface area contributed by atoms with Gasteiger partial charge in [0.2, 0.25) is 0 Å². The molecule has 132 valence electrons. The molecule has 0 aromatic heterocycles. The summed E-state index contributed by atoms with van der Waals surface area (Å²) in [6, 6.07) is 3.42. The minimum atomic E-state index is -0.472. The number of amides is 2. The lowest BCUT2D eigenvalue weighted by Gasteiger charge is -2.45. The molecule has 0 aliphatic carbocycles. The maximum Gasteiger partial charge on any atom is 0.317 e. The SMILES string of the molecule is CN1CCO[C@@H]2CCN(C(=O)NCCc3cc(F)ccc3F)C[C@@H]21. The lowest BCUT2D eigenvalue weighted by atomic mass is 9.99. The summed E-state index contributed by atoms with van der Waals surface area (Å²) in [6.07, 6.45) is 1.27. The lowest BCUT2D eigenvalue weighted by molar-refractivity contribution is -0.0881. The number of hydrogen-bond donors (Lipinski definition) is 1. The van der Waals surface area contributed by atoms with E-state index in [-0.39, 0.29) is 36.7 Å². The number of fused-ring (bicyclic) bond motifs is 1. The summed E-state index contributed by atoms with van der Waals surface area (Å²) in [5.41, 5.74) is 0.273. The number of morpholine rings is 1. The molecule has 7 heteroatoms. The van der Waals surface area contributed by atoms with Gasteiger partial charge < -0.3 is 15.0 Å². The van der Waals surface area contributed by atoms with Crippen LogP contribution < -0.4 is 5.32 Å². The van der Waals surface area contributed by atoms with Gasteiger partial charge in [-0.05, 0) is 43.7 Å². The number of ether oxygens (including phenoxy) is 1. The number of hydrogen-bond acceptors (Lipinski definition) is 3. The van der Waals surface area contributed by atoms with Crippen LogP contribution in [0.15, 0.2) is 18.2 Å². The Bertz CT molecular complexity index is 599. The Labute approximate surface area is 140 Å². The molecule has 0 unspecified atom stereocenters. The van der Waals surface area contributed by atoms with E-state index in [9.17, 15) is 13.6 Å². The van der Waals surface area contributed by atoms with Crippen LogP contribution in [0.3, 0.4) is 0 Å². The molecule has 24 heavy (non-hydrogen) atoms. The van der Waals surface area contributed by atoms with Crippen molar-refractivity contribution in [2.45, 2.75) is 25.0 Å². The molecule has 2 heterocycles. The maximum absolute atomic E-state index is 13.6. The summed E-state index contributed by atoms with van der Waals surface area (Å²) in [7, 11) is 2.05. The van der Waals surface area contributed by atoms with Crippen molar-refractivity contribution in [2.75, 3.05) is 39.8 Å². The van der Waals surface area contributed by atoms with E-state index < -0.39 is 11.6 Å². The van der Waals surface area contributed by atoms with Gasteiger partial charge in [0, 0.05) is 26.2 Å². The van der Waals surface area contributed by atoms with E-state index in [0.717, 1.165) is 31.7 Å². The van der Waals surface area contributed by atoms with Crippen LogP contribution in [0.4, 0.5) is 13.6 Å². The van der Waals surface area contributed by atoms with Crippen LogP contribution in [0.25, 0.3) is 0 Å². The Morgan fingerprint density at radius 3 is 3.04 bits per heavy atom. The Morgan fingerprint density at radius 1 is 1.38 bits per heavy atom. The van der Waals surface area contributed by atoms with Gasteiger partial charge in [0.1, 0.15) is 11.6 Å². The summed E-state index contributed by atoms with van der Waals surface area (Å²) >= 11 is 0. The van der Waals surface area contributed by atoms with E-state index in [1.54, 1.807) is 4.90 Å². The topological polar surface area (TPSA) is 44.8 Å². The number of piperidine rings is 1. The zero-order valence-electron chi connectivity index (χ0n) is 13.8. The van der Waals surface area contributed by atoms with Gasteiger partial charge in [-0.3, -0.25) is 4.90 Å². The van der Waals surface area contributed by atoms with Crippen LogP contribution in [-0.4, -0.2) is 67.8 Å². The van der Waals surface area contributed by atoms with Crippen molar-refractivity contribution >= 4 is 6.03 Å². The van der Waals surface area contributed by atoms with Crippen molar-refractivity contribution in [3.05, 3.63) is 35.4 Å². The van der Waals surface area contributed by atoms with Crippen LogP contribution >= 0.6 is 0 Å². The summed E-state index contributed by atoms with van der Waals surface area (Å²) in [5, 5.41) is 2.80. The van der Waals surface area contributed by atoms with Crippen molar-refractivity contribution in [2.24, 2.45) is 0 Å². The highest BCUT2D eigenvalue weighted by Crippen LogP contribution is 2.21. The molecule has 1 aromatic rings. The van der Waals surface area contributed by atoms with E-state index in [4.69, 9.17) is 4.74 Å². The Hall–Kier alpha value is -1.73. The first-order chi connectivity index (χ1) is 11.5. The number of likely N-dealkylation sites (N-methyl/N-ethyl adjacent to an activating group) is 1. The van der Waals surface area contributed by atoms with E-state index in [1.807, 2.05) is 7.05 Å². The molecule has 2 aliphatic heterocycles. The number of carbonyl (C=O) groups is 1. The highest BCUT2D eigenvalue weighted by atomic mass is 19.1. The van der Waals surface area contributed by atoms with Gasteiger partial charge >= 0.3 is 6.03 Å². The molecule has 5 nitrogen and oxygen atoms in total. The molecule has 2 amide bonds. The molecule has 1 N–H and O–H groups in total. The monoisotopic (exact) mass is 339 g/mol. The number of rotatable bonds is 3. The standard InChI is InChI=1S/C17H23F2N3O2/c1-21-8-9-24-16-5-7-22(11-15(16)21)17(23)20-6-4-12-10-13(18)2-3-14(12)19/h2-3,10,15-16H,4-9,11H2,1H3,(H,20,23)/t15-,16+/m0/s1. The fourth-order valence-corrected chi connectivity index (χ4v) is 3.38. The van der Waals surface area contributed by atoms with Crippen LogP contribution in [0.2, 0.25) is 0 Å². The molecule has 0 spiro atoms. The van der Waals surface area contributed by atoms with Crippen molar-refractivity contribution in [3.63, 3.8) is 0 Å². The number of carbonyl (C=O) groups excluding carboxylic acids is 1. The lowest BCUT2D eigenvalue weighted by Crippen LogP contribution is -2.60. The van der Waals surface area contributed by atoms with Gasteiger partial charge in [0.15, 0.2) is 0 Å². The van der Waals surface area contributed by atoms with E-state index >= 15 is 0 Å². The minimum Gasteiger partial charge on any atom is -0.375 e. The Kier molecular flexibility index (Phi) is 5.30. The largest absolute Gasteiger partial charge is 0.375 e. The fraction of sp³-hybridized carbons (Fsp3) is 0.588. The number of nitrogens with zero attached hydrogens (tertiary/aromatic N) is 2. The van der Waals surface area contributed by atoms with Crippen molar-refractivity contribution in [3.8, 4) is 0 Å². The predicted octanol–water partition coefficient (Wildman–Crippen LogP) is 1.62. The maximum atomic E-state index is 13.6.